The molecule has 0 aliphatic carbocycles. The number of rotatable bonds is 8. The molecule has 0 atom stereocenters. The molecule has 0 aromatic heterocycles. The Hall–Kier alpha value is -2.57. The van der Waals surface area contributed by atoms with Crippen LogP contribution in [-0.4, -0.2) is 39.4 Å². The van der Waals surface area contributed by atoms with Gasteiger partial charge < -0.3 is 24.8 Å². The summed E-state index contributed by atoms with van der Waals surface area (Å²) in [6, 6.07) is 16.4. The predicted octanol–water partition coefficient (Wildman–Crippen LogP) is 3.26. The van der Waals surface area contributed by atoms with Crippen LogP contribution >= 0.6 is 0 Å². The van der Waals surface area contributed by atoms with E-state index in [1.54, 1.807) is 14.2 Å². The van der Waals surface area contributed by atoms with E-state index in [1.165, 1.54) is 11.1 Å². The first-order valence-electron chi connectivity index (χ1n) is 10.1. The fourth-order valence-corrected chi connectivity index (χ4v) is 3.32. The molecule has 1 fully saturated rings. The fourth-order valence-electron chi connectivity index (χ4n) is 3.32. The van der Waals surface area contributed by atoms with Crippen LogP contribution in [0.2, 0.25) is 0 Å². The molecule has 2 aromatic carbocycles. The van der Waals surface area contributed by atoms with Gasteiger partial charge in [-0.15, -0.1) is 0 Å². The van der Waals surface area contributed by atoms with Crippen molar-refractivity contribution in [2.75, 3.05) is 27.4 Å². The Kier molecular flexibility index (Phi) is 8.34. The summed E-state index contributed by atoms with van der Waals surface area (Å²) in [4.78, 5) is 4.31. The third-order valence-electron chi connectivity index (χ3n) is 4.97. The number of hydrogen-bond donors (Lipinski definition) is 2. The van der Waals surface area contributed by atoms with E-state index in [0.717, 1.165) is 43.3 Å². The van der Waals surface area contributed by atoms with Gasteiger partial charge in [0.1, 0.15) is 5.75 Å². The van der Waals surface area contributed by atoms with Crippen LogP contribution in [0.1, 0.15) is 29.5 Å². The summed E-state index contributed by atoms with van der Waals surface area (Å²) in [6.45, 7) is 3.57. The summed E-state index contributed by atoms with van der Waals surface area (Å²) in [6.07, 6.45) is 2.27. The first-order chi connectivity index (χ1) is 14.3. The van der Waals surface area contributed by atoms with Crippen LogP contribution in [0, 0.1) is 0 Å². The lowest BCUT2D eigenvalue weighted by Gasteiger charge is -2.22. The number of aliphatic imine (C=N–C) groups is 1. The van der Waals surface area contributed by atoms with Gasteiger partial charge in [-0.2, -0.15) is 0 Å². The fraction of sp³-hybridized carbons (Fsp3) is 0.435. The Morgan fingerprint density at radius 2 is 1.79 bits per heavy atom. The Bertz CT molecular complexity index is 788. The van der Waals surface area contributed by atoms with E-state index in [4.69, 9.17) is 14.2 Å². The van der Waals surface area contributed by atoms with E-state index in [9.17, 15) is 0 Å². The van der Waals surface area contributed by atoms with E-state index < -0.39 is 0 Å². The van der Waals surface area contributed by atoms with Crippen molar-refractivity contribution in [3.8, 4) is 5.75 Å². The molecule has 1 heterocycles. The number of nitrogens with one attached hydrogen (secondary N) is 2. The molecule has 2 aromatic rings. The zero-order chi connectivity index (χ0) is 20.3. The molecule has 0 bridgehead atoms. The highest BCUT2D eigenvalue weighted by Gasteiger charge is 2.14. The van der Waals surface area contributed by atoms with Gasteiger partial charge in [0.05, 0.1) is 19.8 Å². The molecule has 1 saturated heterocycles. The molecule has 3 rings (SSSR count). The number of nitrogens with zero attached hydrogens (tertiary/aromatic N) is 1. The van der Waals surface area contributed by atoms with Gasteiger partial charge >= 0.3 is 0 Å². The van der Waals surface area contributed by atoms with Gasteiger partial charge in [-0.1, -0.05) is 42.5 Å². The summed E-state index contributed by atoms with van der Waals surface area (Å²) in [5, 5.41) is 6.70. The molecule has 0 unspecified atom stereocenters. The predicted molar refractivity (Wildman–Crippen MR) is 115 cm³/mol. The standard InChI is InChI=1S/C23H31N3O3/c1-24-23(26-16-20-8-3-4-9-22(20)27-2)25-15-18-6-5-7-19(14-18)17-29-21-10-12-28-13-11-21/h3-9,14,21H,10-13,15-17H2,1-2H3,(H2,24,25,26). The lowest BCUT2D eigenvalue weighted by molar-refractivity contribution is -0.0390. The lowest BCUT2D eigenvalue weighted by Crippen LogP contribution is -2.36. The topological polar surface area (TPSA) is 64.1 Å². The summed E-state index contributed by atoms with van der Waals surface area (Å²) in [5.41, 5.74) is 3.47. The number of methoxy groups -OCH3 is 1. The molecule has 1 aliphatic heterocycles. The largest absolute Gasteiger partial charge is 0.496 e. The molecule has 2 N–H and O–H groups in total. The van der Waals surface area contributed by atoms with Gasteiger partial charge in [0.25, 0.3) is 0 Å². The normalized spacial score (nSPS) is 15.2. The van der Waals surface area contributed by atoms with Crippen LogP contribution in [0.25, 0.3) is 0 Å². The minimum Gasteiger partial charge on any atom is -0.496 e. The Morgan fingerprint density at radius 3 is 2.59 bits per heavy atom. The maximum Gasteiger partial charge on any atom is 0.191 e. The first-order valence-corrected chi connectivity index (χ1v) is 10.1. The maximum atomic E-state index is 6.03. The molecule has 0 radical (unpaired) electrons. The van der Waals surface area contributed by atoms with Crippen molar-refractivity contribution in [1.29, 1.82) is 0 Å². The van der Waals surface area contributed by atoms with E-state index in [-0.39, 0.29) is 0 Å². The highest BCUT2D eigenvalue weighted by Crippen LogP contribution is 2.17. The van der Waals surface area contributed by atoms with Crippen LogP contribution < -0.4 is 15.4 Å². The minimum absolute atomic E-state index is 0.309. The molecular formula is C23H31N3O3. The summed E-state index contributed by atoms with van der Waals surface area (Å²) < 4.78 is 16.8. The highest BCUT2D eigenvalue weighted by atomic mass is 16.5. The number of ether oxygens (including phenoxy) is 3. The van der Waals surface area contributed by atoms with E-state index in [0.29, 0.717) is 25.8 Å². The lowest BCUT2D eigenvalue weighted by atomic mass is 10.1. The number of hydrogen-bond acceptors (Lipinski definition) is 4. The number of benzene rings is 2. The average molecular weight is 398 g/mol. The van der Waals surface area contributed by atoms with Gasteiger partial charge in [-0.25, -0.2) is 0 Å². The van der Waals surface area contributed by atoms with Crippen LogP contribution in [0.15, 0.2) is 53.5 Å². The minimum atomic E-state index is 0.309. The zero-order valence-corrected chi connectivity index (χ0v) is 17.3. The van der Waals surface area contributed by atoms with Crippen molar-refractivity contribution in [2.24, 2.45) is 4.99 Å². The van der Waals surface area contributed by atoms with Gasteiger partial charge in [0.15, 0.2) is 5.96 Å². The van der Waals surface area contributed by atoms with Gasteiger partial charge in [-0.3, -0.25) is 4.99 Å². The van der Waals surface area contributed by atoms with Gasteiger partial charge in [0.2, 0.25) is 0 Å². The zero-order valence-electron chi connectivity index (χ0n) is 17.3. The Balaban J connectivity index is 1.47. The van der Waals surface area contributed by atoms with Crippen LogP contribution in [0.4, 0.5) is 0 Å². The summed E-state index contributed by atoms with van der Waals surface area (Å²) in [5.74, 6) is 1.62. The average Bonchev–Trinajstić information content (AvgIpc) is 2.79. The molecule has 156 valence electrons. The van der Waals surface area contributed by atoms with Crippen molar-refractivity contribution in [3.05, 3.63) is 65.2 Å². The highest BCUT2D eigenvalue weighted by molar-refractivity contribution is 5.79. The van der Waals surface area contributed by atoms with Gasteiger partial charge in [0, 0.05) is 38.9 Å². The van der Waals surface area contributed by atoms with Crippen molar-refractivity contribution < 1.29 is 14.2 Å². The van der Waals surface area contributed by atoms with Crippen LogP contribution in [0.5, 0.6) is 5.75 Å². The quantitative estimate of drug-likeness (QED) is 0.529. The van der Waals surface area contributed by atoms with Crippen molar-refractivity contribution in [3.63, 3.8) is 0 Å². The second-order valence-corrected chi connectivity index (χ2v) is 7.03. The van der Waals surface area contributed by atoms with Gasteiger partial charge in [-0.05, 0) is 30.0 Å². The third kappa shape index (κ3) is 6.76. The molecule has 0 spiro atoms. The molecule has 29 heavy (non-hydrogen) atoms. The first kappa shape index (κ1) is 21.1. The number of para-hydroxylation sites is 1. The third-order valence-corrected chi connectivity index (χ3v) is 4.97. The molecule has 6 heteroatoms. The van der Waals surface area contributed by atoms with Crippen molar-refractivity contribution in [1.82, 2.24) is 10.6 Å². The van der Waals surface area contributed by atoms with Crippen LogP contribution in [0.3, 0.4) is 0 Å². The van der Waals surface area contributed by atoms with E-state index >= 15 is 0 Å². The Labute approximate surface area is 173 Å². The number of guanidine groups is 1. The monoisotopic (exact) mass is 397 g/mol. The Morgan fingerprint density at radius 1 is 1.03 bits per heavy atom. The molecular weight excluding hydrogens is 366 g/mol. The van der Waals surface area contributed by atoms with Crippen molar-refractivity contribution >= 4 is 5.96 Å². The van der Waals surface area contributed by atoms with E-state index in [1.807, 2.05) is 24.3 Å². The molecule has 1 aliphatic rings. The molecule has 6 nitrogen and oxygen atoms in total. The maximum absolute atomic E-state index is 6.03. The second kappa shape index (κ2) is 11.4. The molecule has 0 amide bonds. The summed E-state index contributed by atoms with van der Waals surface area (Å²) >= 11 is 0. The SMILES string of the molecule is CN=C(NCc1cccc(COC2CCOCC2)c1)NCc1ccccc1OC. The molecule has 0 saturated carbocycles. The smallest absolute Gasteiger partial charge is 0.191 e. The summed E-state index contributed by atoms with van der Waals surface area (Å²) in [7, 11) is 3.46. The van der Waals surface area contributed by atoms with Crippen LogP contribution in [-0.2, 0) is 29.2 Å². The second-order valence-electron chi connectivity index (χ2n) is 7.03. The van der Waals surface area contributed by atoms with Crippen molar-refractivity contribution in [2.45, 2.75) is 38.6 Å². The van der Waals surface area contributed by atoms with E-state index in [2.05, 4.69) is 39.9 Å².